The highest BCUT2D eigenvalue weighted by Crippen LogP contribution is 2.29. The first-order valence-corrected chi connectivity index (χ1v) is 8.69. The molecule has 0 amide bonds. The fourth-order valence-corrected chi connectivity index (χ4v) is 2.70. The summed E-state index contributed by atoms with van der Waals surface area (Å²) in [5, 5.41) is 6.84. The summed E-state index contributed by atoms with van der Waals surface area (Å²) >= 11 is 0. The lowest BCUT2D eigenvalue weighted by Crippen LogP contribution is -2.25. The van der Waals surface area contributed by atoms with Gasteiger partial charge in [0.25, 0.3) is 5.78 Å². The van der Waals surface area contributed by atoms with E-state index in [2.05, 4.69) is 25.1 Å². The zero-order valence-electron chi connectivity index (χ0n) is 16.1. The largest absolute Gasteiger partial charge is 0.573 e. The SMILES string of the molecule is COC(=O)C(Nc1cc(C(C)C)nc2ncnn12)c1ccc(OC(F)(F)F)cc1F. The number of carbonyl (C=O) groups excluding carboxylic acids is 1. The number of hydrogen-bond acceptors (Lipinski definition) is 7. The second kappa shape index (κ2) is 8.13. The number of fused-ring (bicyclic) bond motifs is 1. The van der Waals surface area contributed by atoms with Gasteiger partial charge in [-0.25, -0.2) is 14.2 Å². The summed E-state index contributed by atoms with van der Waals surface area (Å²) in [7, 11) is 1.10. The maximum absolute atomic E-state index is 14.6. The molecule has 1 aromatic carbocycles. The number of nitrogens with zero attached hydrogens (tertiary/aromatic N) is 4. The minimum absolute atomic E-state index is 0.0133. The van der Waals surface area contributed by atoms with E-state index in [1.165, 1.54) is 10.8 Å². The van der Waals surface area contributed by atoms with Crippen molar-refractivity contribution in [1.82, 2.24) is 19.6 Å². The number of halogens is 4. The second-order valence-electron chi connectivity index (χ2n) is 6.52. The van der Waals surface area contributed by atoms with Gasteiger partial charge in [-0.2, -0.15) is 14.6 Å². The number of benzene rings is 1. The van der Waals surface area contributed by atoms with Gasteiger partial charge >= 0.3 is 12.3 Å². The van der Waals surface area contributed by atoms with Crippen LogP contribution in [0.25, 0.3) is 5.78 Å². The molecule has 0 aliphatic heterocycles. The summed E-state index contributed by atoms with van der Waals surface area (Å²) in [6.45, 7) is 3.80. The highest BCUT2D eigenvalue weighted by Gasteiger charge is 2.32. The van der Waals surface area contributed by atoms with Crippen LogP contribution in [-0.2, 0) is 9.53 Å². The molecular formula is C18H17F4N5O3. The Balaban J connectivity index is 2.02. The molecule has 12 heteroatoms. The van der Waals surface area contributed by atoms with Gasteiger partial charge in [0.2, 0.25) is 0 Å². The van der Waals surface area contributed by atoms with Gasteiger partial charge in [-0.1, -0.05) is 13.8 Å². The Bertz CT molecular complexity index is 1070. The van der Waals surface area contributed by atoms with Crippen molar-refractivity contribution in [2.24, 2.45) is 0 Å². The van der Waals surface area contributed by atoms with Crippen LogP contribution in [0.3, 0.4) is 0 Å². The van der Waals surface area contributed by atoms with Crippen molar-refractivity contribution in [1.29, 1.82) is 0 Å². The molecule has 0 fully saturated rings. The number of hydrogen-bond donors (Lipinski definition) is 1. The number of nitrogens with one attached hydrogen (secondary N) is 1. The van der Waals surface area contributed by atoms with Crippen molar-refractivity contribution in [3.05, 3.63) is 47.7 Å². The van der Waals surface area contributed by atoms with Crippen molar-refractivity contribution < 1.29 is 31.8 Å². The molecule has 3 aromatic rings. The van der Waals surface area contributed by atoms with E-state index < -0.39 is 29.9 Å². The van der Waals surface area contributed by atoms with Crippen LogP contribution >= 0.6 is 0 Å². The van der Waals surface area contributed by atoms with E-state index in [0.29, 0.717) is 11.8 Å². The van der Waals surface area contributed by atoms with E-state index in [4.69, 9.17) is 4.74 Å². The van der Waals surface area contributed by atoms with E-state index in [1.54, 1.807) is 6.07 Å². The molecule has 2 heterocycles. The van der Waals surface area contributed by atoms with Crippen LogP contribution in [0.5, 0.6) is 5.75 Å². The standard InChI is InChI=1S/C18H17F4N5O3/c1-9(2)13-7-14(27-17(25-13)23-8-24-27)26-15(16(28)29-3)11-5-4-10(6-12(11)19)30-18(20,21)22/h4-9,15,26H,1-3H3. The van der Waals surface area contributed by atoms with Gasteiger partial charge in [0.15, 0.2) is 6.04 Å². The molecule has 0 bridgehead atoms. The van der Waals surface area contributed by atoms with Crippen molar-refractivity contribution in [3.8, 4) is 5.75 Å². The Morgan fingerprint density at radius 1 is 1.23 bits per heavy atom. The number of alkyl halides is 3. The predicted molar refractivity (Wildman–Crippen MR) is 96.3 cm³/mol. The number of rotatable bonds is 6. The van der Waals surface area contributed by atoms with Gasteiger partial charge in [-0.05, 0) is 18.1 Å². The molecule has 30 heavy (non-hydrogen) atoms. The molecule has 1 atom stereocenters. The lowest BCUT2D eigenvalue weighted by Gasteiger charge is -2.20. The van der Waals surface area contributed by atoms with E-state index in [9.17, 15) is 22.4 Å². The van der Waals surface area contributed by atoms with Crippen LogP contribution in [0.4, 0.5) is 23.4 Å². The van der Waals surface area contributed by atoms with Crippen molar-refractivity contribution in [2.45, 2.75) is 32.2 Å². The first kappa shape index (κ1) is 21.3. The van der Waals surface area contributed by atoms with Crippen LogP contribution < -0.4 is 10.1 Å². The lowest BCUT2D eigenvalue weighted by molar-refractivity contribution is -0.274. The molecule has 8 nitrogen and oxygen atoms in total. The normalized spacial score (nSPS) is 12.8. The second-order valence-corrected chi connectivity index (χ2v) is 6.52. The number of anilines is 1. The summed E-state index contributed by atoms with van der Waals surface area (Å²) in [6.07, 6.45) is -3.72. The number of carbonyl (C=O) groups is 1. The number of aromatic nitrogens is 4. The zero-order chi connectivity index (χ0) is 22.1. The fourth-order valence-electron chi connectivity index (χ4n) is 2.70. The number of esters is 1. The highest BCUT2D eigenvalue weighted by molar-refractivity contribution is 5.81. The van der Waals surface area contributed by atoms with Gasteiger partial charge < -0.3 is 14.8 Å². The van der Waals surface area contributed by atoms with Crippen molar-refractivity contribution in [3.63, 3.8) is 0 Å². The molecule has 0 aliphatic rings. The summed E-state index contributed by atoms with van der Waals surface area (Å²) in [6, 6.07) is 2.68. The monoisotopic (exact) mass is 427 g/mol. The van der Waals surface area contributed by atoms with Gasteiger partial charge in [0.1, 0.15) is 23.7 Å². The third kappa shape index (κ3) is 4.58. The Hall–Kier alpha value is -3.44. The topological polar surface area (TPSA) is 90.6 Å². The zero-order valence-corrected chi connectivity index (χ0v) is 16.1. The average molecular weight is 427 g/mol. The minimum Gasteiger partial charge on any atom is -0.467 e. The van der Waals surface area contributed by atoms with Gasteiger partial charge in [-0.15, -0.1) is 13.2 Å². The minimum atomic E-state index is -4.98. The molecule has 1 N–H and O–H groups in total. The van der Waals surface area contributed by atoms with Crippen LogP contribution in [0.15, 0.2) is 30.6 Å². The average Bonchev–Trinajstić information content (AvgIpc) is 3.13. The molecule has 3 rings (SSSR count). The summed E-state index contributed by atoms with van der Waals surface area (Å²) in [5.74, 6) is -2.17. The van der Waals surface area contributed by atoms with Crippen LogP contribution in [0.1, 0.15) is 37.1 Å². The van der Waals surface area contributed by atoms with Crippen LogP contribution in [-0.4, -0.2) is 39.0 Å². The smallest absolute Gasteiger partial charge is 0.467 e. The summed E-state index contributed by atoms with van der Waals surface area (Å²) in [4.78, 5) is 20.7. The van der Waals surface area contributed by atoms with E-state index in [-0.39, 0.29) is 23.1 Å². The molecule has 160 valence electrons. The third-order valence-electron chi connectivity index (χ3n) is 4.11. The molecule has 1 unspecified atom stereocenters. The van der Waals surface area contributed by atoms with Crippen LogP contribution in [0.2, 0.25) is 0 Å². The van der Waals surface area contributed by atoms with Crippen molar-refractivity contribution in [2.75, 3.05) is 12.4 Å². The predicted octanol–water partition coefficient (Wildman–Crippen LogP) is 3.61. The maximum Gasteiger partial charge on any atom is 0.573 e. The first-order valence-electron chi connectivity index (χ1n) is 8.69. The summed E-state index contributed by atoms with van der Waals surface area (Å²) < 4.78 is 61.5. The molecular weight excluding hydrogens is 410 g/mol. The van der Waals surface area contributed by atoms with E-state index in [0.717, 1.165) is 19.2 Å². The first-order chi connectivity index (χ1) is 14.1. The Morgan fingerprint density at radius 2 is 1.97 bits per heavy atom. The molecule has 0 saturated carbocycles. The van der Waals surface area contributed by atoms with E-state index >= 15 is 0 Å². The number of ether oxygens (including phenoxy) is 2. The molecule has 0 spiro atoms. The fraction of sp³-hybridized carbons (Fsp3) is 0.333. The van der Waals surface area contributed by atoms with E-state index in [1.807, 2.05) is 13.8 Å². The van der Waals surface area contributed by atoms with Gasteiger partial charge in [-0.3, -0.25) is 0 Å². The molecule has 0 saturated heterocycles. The number of methoxy groups -OCH3 is 1. The van der Waals surface area contributed by atoms with Crippen LogP contribution in [0, 0.1) is 5.82 Å². The summed E-state index contributed by atoms with van der Waals surface area (Å²) in [5.41, 5.74) is 0.392. The van der Waals surface area contributed by atoms with Gasteiger partial charge in [0, 0.05) is 17.7 Å². The maximum atomic E-state index is 14.6. The lowest BCUT2D eigenvalue weighted by atomic mass is 10.1. The molecule has 0 aliphatic carbocycles. The Morgan fingerprint density at radius 3 is 2.57 bits per heavy atom. The molecule has 0 radical (unpaired) electrons. The quantitative estimate of drug-likeness (QED) is 0.475. The Kier molecular flexibility index (Phi) is 5.76. The van der Waals surface area contributed by atoms with Crippen molar-refractivity contribution >= 4 is 17.6 Å². The third-order valence-corrected chi connectivity index (χ3v) is 4.11. The highest BCUT2D eigenvalue weighted by atomic mass is 19.4. The molecule has 2 aromatic heterocycles. The Labute approximate surface area is 167 Å². The van der Waals surface area contributed by atoms with Gasteiger partial charge in [0.05, 0.1) is 12.8 Å².